The average molecular weight is 252 g/mol. The van der Waals surface area contributed by atoms with E-state index in [1.165, 1.54) is 0 Å². The molecule has 0 atom stereocenters. The van der Waals surface area contributed by atoms with Crippen LogP contribution in [-0.2, 0) is 13.1 Å². The van der Waals surface area contributed by atoms with Crippen LogP contribution in [0, 0.1) is 11.3 Å². The number of aromatic nitrogens is 2. The first kappa shape index (κ1) is 13.2. The van der Waals surface area contributed by atoms with Crippen LogP contribution in [0.2, 0.25) is 0 Å². The number of nitrogens with zero attached hydrogens (tertiary/aromatic N) is 4. The zero-order chi connectivity index (χ0) is 13.5. The van der Waals surface area contributed by atoms with Crippen LogP contribution < -0.4 is 0 Å². The molecule has 96 valence electrons. The Morgan fingerprint density at radius 2 is 2.05 bits per heavy atom. The molecule has 0 saturated heterocycles. The molecule has 0 aliphatic carbocycles. The van der Waals surface area contributed by atoms with Crippen LogP contribution in [0.15, 0.2) is 42.7 Å². The van der Waals surface area contributed by atoms with Gasteiger partial charge in [0, 0.05) is 25.5 Å². The zero-order valence-corrected chi connectivity index (χ0v) is 11.0. The van der Waals surface area contributed by atoms with E-state index in [1.54, 1.807) is 6.20 Å². The number of hydrogen-bond donors (Lipinski definition) is 0. The summed E-state index contributed by atoms with van der Waals surface area (Å²) in [5.74, 6) is 0. The fourth-order valence-corrected chi connectivity index (χ4v) is 1.89. The third-order valence-electron chi connectivity index (χ3n) is 2.90. The molecule has 0 fully saturated rings. The van der Waals surface area contributed by atoms with Crippen molar-refractivity contribution in [3.05, 3.63) is 59.7 Å². The first-order valence-corrected chi connectivity index (χ1v) is 6.29. The molecule has 0 aromatic carbocycles. The molecular weight excluding hydrogens is 236 g/mol. The number of pyridine rings is 2. The Morgan fingerprint density at radius 3 is 2.74 bits per heavy atom. The second-order valence-electron chi connectivity index (χ2n) is 4.29. The minimum Gasteiger partial charge on any atom is -0.294 e. The Labute approximate surface area is 113 Å². The summed E-state index contributed by atoms with van der Waals surface area (Å²) in [7, 11) is 0. The highest BCUT2D eigenvalue weighted by Crippen LogP contribution is 2.08. The van der Waals surface area contributed by atoms with Crippen LogP contribution in [0.3, 0.4) is 0 Å². The summed E-state index contributed by atoms with van der Waals surface area (Å²) < 4.78 is 0. The van der Waals surface area contributed by atoms with Gasteiger partial charge in [-0.2, -0.15) is 5.26 Å². The summed E-state index contributed by atoms with van der Waals surface area (Å²) in [5, 5.41) is 8.85. The topological polar surface area (TPSA) is 52.8 Å². The van der Waals surface area contributed by atoms with Crippen LogP contribution in [-0.4, -0.2) is 21.4 Å². The SMILES string of the molecule is CCN(Cc1ccnc(C#N)c1)Cc1ccccn1. The molecule has 4 nitrogen and oxygen atoms in total. The van der Waals surface area contributed by atoms with Crippen molar-refractivity contribution < 1.29 is 0 Å². The van der Waals surface area contributed by atoms with Gasteiger partial charge in [-0.1, -0.05) is 13.0 Å². The van der Waals surface area contributed by atoms with Crippen molar-refractivity contribution in [3.63, 3.8) is 0 Å². The fraction of sp³-hybridized carbons (Fsp3) is 0.267. The quantitative estimate of drug-likeness (QED) is 0.819. The lowest BCUT2D eigenvalue weighted by Crippen LogP contribution is -2.22. The summed E-state index contributed by atoms with van der Waals surface area (Å²) in [6, 6.07) is 11.8. The van der Waals surface area contributed by atoms with Crippen molar-refractivity contribution in [2.24, 2.45) is 0 Å². The molecule has 2 aromatic heterocycles. The summed E-state index contributed by atoms with van der Waals surface area (Å²) in [4.78, 5) is 10.6. The first-order chi connectivity index (χ1) is 9.31. The molecule has 2 rings (SSSR count). The molecule has 19 heavy (non-hydrogen) atoms. The summed E-state index contributed by atoms with van der Waals surface area (Å²) in [6.45, 7) is 4.65. The Morgan fingerprint density at radius 1 is 1.16 bits per heavy atom. The van der Waals surface area contributed by atoms with Gasteiger partial charge >= 0.3 is 0 Å². The van der Waals surface area contributed by atoms with Crippen LogP contribution in [0.1, 0.15) is 23.9 Å². The highest BCUT2D eigenvalue weighted by atomic mass is 15.1. The molecule has 0 amide bonds. The van der Waals surface area contributed by atoms with Gasteiger partial charge in [0.25, 0.3) is 0 Å². The van der Waals surface area contributed by atoms with Crippen molar-refractivity contribution >= 4 is 0 Å². The molecule has 0 bridgehead atoms. The van der Waals surface area contributed by atoms with Gasteiger partial charge in [0.15, 0.2) is 0 Å². The van der Waals surface area contributed by atoms with E-state index < -0.39 is 0 Å². The van der Waals surface area contributed by atoms with E-state index >= 15 is 0 Å². The molecular formula is C15H16N4. The number of hydrogen-bond acceptors (Lipinski definition) is 4. The molecule has 0 N–H and O–H groups in total. The normalized spacial score (nSPS) is 10.4. The lowest BCUT2D eigenvalue weighted by Gasteiger charge is -2.19. The van der Waals surface area contributed by atoms with E-state index in [9.17, 15) is 0 Å². The van der Waals surface area contributed by atoms with Crippen LogP contribution in [0.4, 0.5) is 0 Å². The lowest BCUT2D eigenvalue weighted by molar-refractivity contribution is 0.268. The van der Waals surface area contributed by atoms with Crippen molar-refractivity contribution in [2.75, 3.05) is 6.54 Å². The summed E-state index contributed by atoms with van der Waals surface area (Å²) in [6.07, 6.45) is 3.49. The third kappa shape index (κ3) is 3.87. The van der Waals surface area contributed by atoms with Crippen LogP contribution >= 0.6 is 0 Å². The van der Waals surface area contributed by atoms with Crippen molar-refractivity contribution in [1.82, 2.24) is 14.9 Å². The van der Waals surface area contributed by atoms with E-state index in [1.807, 2.05) is 36.5 Å². The predicted octanol–water partition coefficient (Wildman–Crippen LogP) is 2.37. The molecule has 0 unspecified atom stereocenters. The first-order valence-electron chi connectivity index (χ1n) is 6.29. The van der Waals surface area contributed by atoms with Gasteiger partial charge in [-0.05, 0) is 36.4 Å². The largest absolute Gasteiger partial charge is 0.294 e. The Kier molecular flexibility index (Phi) is 4.60. The maximum atomic E-state index is 8.85. The number of rotatable bonds is 5. The maximum absolute atomic E-state index is 8.85. The Bertz CT molecular complexity index is 560. The molecule has 0 aliphatic heterocycles. The molecule has 0 spiro atoms. The molecule has 0 saturated carbocycles. The van der Waals surface area contributed by atoms with E-state index in [0.29, 0.717) is 5.69 Å². The van der Waals surface area contributed by atoms with E-state index in [2.05, 4.69) is 27.9 Å². The van der Waals surface area contributed by atoms with Crippen molar-refractivity contribution in [1.29, 1.82) is 5.26 Å². The minimum atomic E-state index is 0.464. The predicted molar refractivity (Wildman–Crippen MR) is 73.0 cm³/mol. The van der Waals surface area contributed by atoms with Crippen molar-refractivity contribution in [3.8, 4) is 6.07 Å². The van der Waals surface area contributed by atoms with Gasteiger partial charge in [-0.15, -0.1) is 0 Å². The highest BCUT2D eigenvalue weighted by molar-refractivity contribution is 5.25. The Hall–Kier alpha value is -2.25. The standard InChI is InChI=1S/C15H16N4/c1-2-19(12-14-5-3-4-7-17-14)11-13-6-8-18-15(9-13)10-16/h3-9H,2,11-12H2,1H3. The van der Waals surface area contributed by atoms with Crippen LogP contribution in [0.5, 0.6) is 0 Å². The average Bonchev–Trinajstić information content (AvgIpc) is 2.48. The van der Waals surface area contributed by atoms with Gasteiger partial charge in [0.05, 0.1) is 5.69 Å². The minimum absolute atomic E-state index is 0.464. The monoisotopic (exact) mass is 252 g/mol. The molecule has 4 heteroatoms. The van der Waals surface area contributed by atoms with E-state index in [-0.39, 0.29) is 0 Å². The summed E-state index contributed by atoms with van der Waals surface area (Å²) >= 11 is 0. The molecule has 2 aromatic rings. The van der Waals surface area contributed by atoms with Gasteiger partial charge in [0.1, 0.15) is 11.8 Å². The van der Waals surface area contributed by atoms with Gasteiger partial charge in [-0.25, -0.2) is 4.98 Å². The van der Waals surface area contributed by atoms with Gasteiger partial charge < -0.3 is 0 Å². The van der Waals surface area contributed by atoms with Gasteiger partial charge in [0.2, 0.25) is 0 Å². The highest BCUT2D eigenvalue weighted by Gasteiger charge is 2.06. The second-order valence-corrected chi connectivity index (χ2v) is 4.29. The third-order valence-corrected chi connectivity index (χ3v) is 2.90. The molecule has 0 aliphatic rings. The number of nitriles is 1. The van der Waals surface area contributed by atoms with Crippen LogP contribution in [0.25, 0.3) is 0 Å². The lowest BCUT2D eigenvalue weighted by atomic mass is 10.2. The van der Waals surface area contributed by atoms with Crippen molar-refractivity contribution in [2.45, 2.75) is 20.0 Å². The fourth-order valence-electron chi connectivity index (χ4n) is 1.89. The smallest absolute Gasteiger partial charge is 0.140 e. The van der Waals surface area contributed by atoms with E-state index in [0.717, 1.165) is 30.9 Å². The Balaban J connectivity index is 2.05. The molecule has 0 radical (unpaired) electrons. The second kappa shape index (κ2) is 6.62. The van der Waals surface area contributed by atoms with E-state index in [4.69, 9.17) is 5.26 Å². The maximum Gasteiger partial charge on any atom is 0.140 e. The van der Waals surface area contributed by atoms with Gasteiger partial charge in [-0.3, -0.25) is 9.88 Å². The summed E-state index contributed by atoms with van der Waals surface area (Å²) in [5.41, 5.74) is 2.62. The zero-order valence-electron chi connectivity index (χ0n) is 11.0. The molecule has 2 heterocycles.